The lowest BCUT2D eigenvalue weighted by Gasteiger charge is -2.32. The van der Waals surface area contributed by atoms with Crippen molar-refractivity contribution in [2.75, 3.05) is 6.54 Å². The molecule has 7 heteroatoms. The number of carbonyl (C=O) groups is 2. The number of esters is 1. The van der Waals surface area contributed by atoms with Gasteiger partial charge in [0.15, 0.2) is 5.06 Å². The number of carboxylic acids is 1. The third-order valence-corrected chi connectivity index (χ3v) is 6.54. The monoisotopic (exact) mass is 453 g/mol. The van der Waals surface area contributed by atoms with Crippen LogP contribution in [0.2, 0.25) is 5.02 Å². The van der Waals surface area contributed by atoms with E-state index in [-0.39, 0.29) is 0 Å². The lowest BCUT2D eigenvalue weighted by atomic mass is 10.0. The van der Waals surface area contributed by atoms with Gasteiger partial charge in [-0.15, -0.1) is 11.3 Å². The summed E-state index contributed by atoms with van der Waals surface area (Å²) in [7, 11) is 0. The van der Waals surface area contributed by atoms with Gasteiger partial charge in [0.05, 0.1) is 0 Å². The van der Waals surface area contributed by atoms with E-state index in [4.69, 9.17) is 16.3 Å². The van der Waals surface area contributed by atoms with Gasteiger partial charge in [-0.2, -0.15) is 0 Å². The molecular weight excluding hydrogens is 434 g/mol. The molecule has 2 aromatic carbocycles. The number of halogens is 1. The maximum atomic E-state index is 12.2. The van der Waals surface area contributed by atoms with Crippen LogP contribution < -0.4 is 4.74 Å². The highest BCUT2D eigenvalue weighted by Crippen LogP contribution is 2.37. The zero-order valence-corrected chi connectivity index (χ0v) is 18.1. The molecule has 0 amide bonds. The lowest BCUT2D eigenvalue weighted by Crippen LogP contribution is -2.37. The summed E-state index contributed by atoms with van der Waals surface area (Å²) in [6.45, 7) is 1.03. The minimum Gasteiger partial charge on any atom is -0.480 e. The van der Waals surface area contributed by atoms with Crippen molar-refractivity contribution in [3.63, 3.8) is 0 Å². The van der Waals surface area contributed by atoms with Crippen molar-refractivity contribution in [3.05, 3.63) is 93.3 Å². The molecule has 0 saturated carbocycles. The van der Waals surface area contributed by atoms with Gasteiger partial charge in [-0.05, 0) is 41.3 Å². The number of thiophene rings is 1. The van der Waals surface area contributed by atoms with Crippen LogP contribution in [0.15, 0.2) is 66.7 Å². The quantitative estimate of drug-likeness (QED) is 0.410. The maximum Gasteiger partial charge on any atom is 0.336 e. The molecule has 5 nitrogen and oxygen atoms in total. The van der Waals surface area contributed by atoms with Gasteiger partial charge < -0.3 is 9.84 Å². The number of benzene rings is 2. The van der Waals surface area contributed by atoms with Gasteiger partial charge in [0, 0.05) is 29.1 Å². The van der Waals surface area contributed by atoms with Crippen LogP contribution in [0.3, 0.4) is 0 Å². The fourth-order valence-electron chi connectivity index (χ4n) is 3.64. The van der Waals surface area contributed by atoms with Crippen molar-refractivity contribution in [2.24, 2.45) is 0 Å². The summed E-state index contributed by atoms with van der Waals surface area (Å²) in [5, 5.41) is 10.8. The van der Waals surface area contributed by atoms with Crippen molar-refractivity contribution in [2.45, 2.75) is 19.0 Å². The van der Waals surface area contributed by atoms with Gasteiger partial charge in [0.25, 0.3) is 0 Å². The summed E-state index contributed by atoms with van der Waals surface area (Å²) in [6, 6.07) is 17.5. The Kier molecular flexibility index (Phi) is 6.51. The molecule has 4 rings (SSSR count). The molecule has 0 saturated heterocycles. The molecule has 2 heterocycles. The van der Waals surface area contributed by atoms with Gasteiger partial charge in [-0.1, -0.05) is 60.1 Å². The Morgan fingerprint density at radius 1 is 1.13 bits per heavy atom. The topological polar surface area (TPSA) is 66.8 Å². The van der Waals surface area contributed by atoms with Crippen LogP contribution in [-0.4, -0.2) is 28.5 Å². The average molecular weight is 454 g/mol. The van der Waals surface area contributed by atoms with Gasteiger partial charge >= 0.3 is 11.9 Å². The van der Waals surface area contributed by atoms with E-state index in [0.717, 1.165) is 16.0 Å². The zero-order chi connectivity index (χ0) is 21.8. The SMILES string of the molecule is O=C(C=Cc1ccccc1)Oc1cc2c(s1)CCN(C(C(=O)O)c1ccccc1Cl)C2. The normalized spacial score (nSPS) is 14.9. The number of nitrogens with zero attached hydrogens (tertiary/aromatic N) is 1. The van der Waals surface area contributed by atoms with E-state index in [0.29, 0.717) is 35.2 Å². The highest BCUT2D eigenvalue weighted by Gasteiger charge is 2.32. The Bertz CT molecular complexity index is 1130. The number of hydrogen-bond donors (Lipinski definition) is 1. The largest absolute Gasteiger partial charge is 0.480 e. The van der Waals surface area contributed by atoms with Crippen LogP contribution in [0.25, 0.3) is 6.08 Å². The second-order valence-electron chi connectivity index (χ2n) is 7.16. The standard InChI is InChI=1S/C24H20ClNO4S/c25-19-9-5-4-8-18(19)23(24(28)29)26-13-12-20-17(15-26)14-22(31-20)30-21(27)11-10-16-6-2-1-3-7-16/h1-11,14,23H,12-13,15H2,(H,28,29). The van der Waals surface area contributed by atoms with Crippen LogP contribution in [0, 0.1) is 0 Å². The minimum absolute atomic E-state index is 0.436. The fraction of sp³-hybridized carbons (Fsp3) is 0.167. The van der Waals surface area contributed by atoms with Gasteiger partial charge in [0.1, 0.15) is 6.04 Å². The zero-order valence-electron chi connectivity index (χ0n) is 16.5. The number of carboxylic acid groups (broad SMARTS) is 1. The smallest absolute Gasteiger partial charge is 0.336 e. The summed E-state index contributed by atoms with van der Waals surface area (Å²) < 4.78 is 5.47. The first-order chi connectivity index (χ1) is 15.0. The highest BCUT2D eigenvalue weighted by atomic mass is 35.5. The Labute approximate surface area is 189 Å². The van der Waals surface area contributed by atoms with Crippen molar-refractivity contribution < 1.29 is 19.4 Å². The number of rotatable bonds is 6. The Hall–Kier alpha value is -2.93. The molecule has 1 N–H and O–H groups in total. The number of carbonyl (C=O) groups excluding carboxylic acids is 1. The van der Waals surface area contributed by atoms with E-state index in [2.05, 4.69) is 0 Å². The van der Waals surface area contributed by atoms with Crippen molar-refractivity contribution in [1.29, 1.82) is 0 Å². The molecular formula is C24H20ClNO4S. The van der Waals surface area contributed by atoms with Gasteiger partial charge in [-0.3, -0.25) is 9.69 Å². The third kappa shape index (κ3) is 5.05. The first-order valence-electron chi connectivity index (χ1n) is 9.79. The maximum absolute atomic E-state index is 12.2. The number of ether oxygens (including phenoxy) is 1. The molecule has 1 unspecified atom stereocenters. The molecule has 158 valence electrons. The molecule has 31 heavy (non-hydrogen) atoms. The minimum atomic E-state index is -0.940. The van der Waals surface area contributed by atoms with E-state index in [9.17, 15) is 14.7 Å². The molecule has 0 aliphatic carbocycles. The first-order valence-corrected chi connectivity index (χ1v) is 11.0. The predicted octanol–water partition coefficient (Wildman–Crippen LogP) is 5.20. The average Bonchev–Trinajstić information content (AvgIpc) is 3.16. The number of hydrogen-bond acceptors (Lipinski definition) is 5. The molecule has 1 atom stereocenters. The third-order valence-electron chi connectivity index (χ3n) is 5.09. The van der Waals surface area contributed by atoms with Crippen LogP contribution in [0.1, 0.15) is 27.6 Å². The van der Waals surface area contributed by atoms with E-state index in [1.54, 1.807) is 30.3 Å². The highest BCUT2D eigenvalue weighted by molar-refractivity contribution is 7.14. The number of aliphatic carboxylic acids is 1. The second kappa shape index (κ2) is 9.47. The molecule has 1 aliphatic rings. The second-order valence-corrected chi connectivity index (χ2v) is 8.67. The summed E-state index contributed by atoms with van der Waals surface area (Å²) in [5.74, 6) is -1.39. The van der Waals surface area contributed by atoms with E-state index in [1.165, 1.54) is 17.4 Å². The molecule has 1 aliphatic heterocycles. The Morgan fingerprint density at radius 2 is 1.87 bits per heavy atom. The van der Waals surface area contributed by atoms with Gasteiger partial charge in [0.2, 0.25) is 0 Å². The van der Waals surface area contributed by atoms with E-state index < -0.39 is 18.0 Å². The number of fused-ring (bicyclic) bond motifs is 1. The van der Waals surface area contributed by atoms with Crippen LogP contribution in [-0.2, 0) is 22.6 Å². The lowest BCUT2D eigenvalue weighted by molar-refractivity contribution is -0.144. The van der Waals surface area contributed by atoms with Crippen molar-refractivity contribution in [3.8, 4) is 5.06 Å². The summed E-state index contributed by atoms with van der Waals surface area (Å²) in [5.41, 5.74) is 2.47. The fourth-order valence-corrected chi connectivity index (χ4v) is 4.90. The van der Waals surface area contributed by atoms with E-state index >= 15 is 0 Å². The van der Waals surface area contributed by atoms with Crippen LogP contribution in [0.4, 0.5) is 0 Å². The van der Waals surface area contributed by atoms with Crippen molar-refractivity contribution >= 4 is 41.0 Å². The molecule has 0 spiro atoms. The summed E-state index contributed by atoms with van der Waals surface area (Å²) >= 11 is 7.70. The molecule has 0 radical (unpaired) electrons. The molecule has 0 fully saturated rings. The van der Waals surface area contributed by atoms with E-state index in [1.807, 2.05) is 41.3 Å². The van der Waals surface area contributed by atoms with Crippen LogP contribution in [0.5, 0.6) is 5.06 Å². The summed E-state index contributed by atoms with van der Waals surface area (Å²) in [6.07, 6.45) is 3.79. The molecule has 3 aromatic rings. The first kappa shape index (κ1) is 21.3. The van der Waals surface area contributed by atoms with Crippen molar-refractivity contribution in [1.82, 2.24) is 4.90 Å². The van der Waals surface area contributed by atoms with Crippen LogP contribution >= 0.6 is 22.9 Å². The predicted molar refractivity (Wildman–Crippen MR) is 121 cm³/mol. The van der Waals surface area contributed by atoms with Gasteiger partial charge in [-0.25, -0.2) is 4.79 Å². The Balaban J connectivity index is 1.47. The molecule has 0 bridgehead atoms. The summed E-state index contributed by atoms with van der Waals surface area (Å²) in [4.78, 5) is 27.2. The Morgan fingerprint density at radius 3 is 2.61 bits per heavy atom. The molecule has 1 aromatic heterocycles.